The number of pyridine rings is 1. The Morgan fingerprint density at radius 2 is 2.00 bits per heavy atom. The van der Waals surface area contributed by atoms with Crippen molar-refractivity contribution in [3.05, 3.63) is 39.8 Å². The Bertz CT molecular complexity index is 891. The van der Waals surface area contributed by atoms with E-state index in [0.29, 0.717) is 0 Å². The first kappa shape index (κ1) is 18.5. The van der Waals surface area contributed by atoms with Gasteiger partial charge in [-0.1, -0.05) is 0 Å². The lowest BCUT2D eigenvalue weighted by atomic mass is 10.0. The van der Waals surface area contributed by atoms with Crippen LogP contribution in [0.4, 0.5) is 23.4 Å². The Labute approximate surface area is 138 Å². The fraction of sp³-hybridized carbons (Fsp3) is 0.200. The van der Waals surface area contributed by atoms with E-state index in [9.17, 15) is 27.5 Å². The number of quaternary nitrogens is 1. The zero-order valence-corrected chi connectivity index (χ0v) is 13.1. The molecular weight excluding hydrogens is 346 g/mol. The van der Waals surface area contributed by atoms with E-state index >= 15 is 0 Å². The van der Waals surface area contributed by atoms with Gasteiger partial charge in [0.15, 0.2) is 11.5 Å². The first-order valence-electron chi connectivity index (χ1n) is 6.90. The molecule has 10 heteroatoms. The summed E-state index contributed by atoms with van der Waals surface area (Å²) in [4.78, 5) is 14.6. The molecule has 1 aromatic heterocycles. The quantitative estimate of drug-likeness (QED) is 0.492. The minimum absolute atomic E-state index is 0.181. The number of ether oxygens (including phenoxy) is 1. The molecule has 0 aliphatic rings. The van der Waals surface area contributed by atoms with Crippen molar-refractivity contribution in [2.45, 2.75) is 6.18 Å². The number of hydrogen-bond donors (Lipinski definition) is 4. The molecule has 0 spiro atoms. The number of aromatic nitrogens is 1. The zero-order chi connectivity index (χ0) is 18.9. The van der Waals surface area contributed by atoms with Crippen LogP contribution in [0.3, 0.4) is 0 Å². The van der Waals surface area contributed by atoms with Crippen LogP contribution in [0.1, 0.15) is 5.56 Å². The van der Waals surface area contributed by atoms with Gasteiger partial charge < -0.3 is 20.1 Å². The van der Waals surface area contributed by atoms with Gasteiger partial charge in [-0.15, -0.1) is 0 Å². The molecule has 0 atom stereocenters. The molecule has 2 rings (SSSR count). The fourth-order valence-corrected chi connectivity index (χ4v) is 2.24. The van der Waals surface area contributed by atoms with E-state index in [1.54, 1.807) is 0 Å². The third-order valence-corrected chi connectivity index (χ3v) is 3.48. The van der Waals surface area contributed by atoms with Crippen LogP contribution in [-0.4, -0.2) is 36.1 Å². The fourth-order valence-electron chi connectivity index (χ4n) is 2.24. The van der Waals surface area contributed by atoms with Gasteiger partial charge in [0.05, 0.1) is 19.9 Å². The van der Waals surface area contributed by atoms with Gasteiger partial charge in [-0.25, -0.2) is 4.39 Å². The van der Waals surface area contributed by atoms with Crippen molar-refractivity contribution in [3.8, 4) is 22.8 Å². The molecule has 134 valence electrons. The largest absolute Gasteiger partial charge is 0.503 e. The molecule has 0 aliphatic carbocycles. The Morgan fingerprint density at radius 3 is 2.48 bits per heavy atom. The summed E-state index contributed by atoms with van der Waals surface area (Å²) in [5, 5.41) is 18.3. The van der Waals surface area contributed by atoms with Gasteiger partial charge in [0, 0.05) is 11.6 Å². The number of nitrogens with one attached hydrogen (secondary N) is 2. The van der Waals surface area contributed by atoms with Crippen LogP contribution < -0.4 is 15.5 Å². The minimum atomic E-state index is -5.08. The molecular formula is C15H14F4N3O3+. The summed E-state index contributed by atoms with van der Waals surface area (Å²) in [6.07, 6.45) is -5.08. The van der Waals surface area contributed by atoms with Gasteiger partial charge >= 0.3 is 6.18 Å². The Morgan fingerprint density at radius 1 is 1.36 bits per heavy atom. The van der Waals surface area contributed by atoms with Crippen LogP contribution >= 0.6 is 0 Å². The molecule has 0 aliphatic heterocycles. The highest BCUT2D eigenvalue weighted by Gasteiger charge is 2.40. The number of benzene rings is 1. The van der Waals surface area contributed by atoms with Gasteiger partial charge in [0.25, 0.3) is 0 Å². The standard InChI is InChI=1S/C15H13F4N3O3/c1-21-14-9(13(20)15(17,18)19)11(23)12(24)10(22-14)7-4-3-6(25-2)5-8(7)16/h3-5,20,24H,1-2H3,(H2,21,22,23)/p+1. The maximum Gasteiger partial charge on any atom is 0.433 e. The predicted octanol–water partition coefficient (Wildman–Crippen LogP) is 1.65. The summed E-state index contributed by atoms with van der Waals surface area (Å²) < 4.78 is 57.4. The SMILES string of the molecule is C[NH2+]c1[nH]c(-c2ccc(OC)cc2F)c(O)c(=O)c1C(=N)C(F)(F)F. The lowest BCUT2D eigenvalue weighted by Crippen LogP contribution is -2.74. The van der Waals surface area contributed by atoms with Crippen molar-refractivity contribution in [2.75, 3.05) is 14.2 Å². The lowest BCUT2D eigenvalue weighted by molar-refractivity contribution is -0.543. The Balaban J connectivity index is 2.74. The van der Waals surface area contributed by atoms with Crippen LogP contribution in [0.25, 0.3) is 11.3 Å². The summed E-state index contributed by atoms with van der Waals surface area (Å²) in [6.45, 7) is 0. The highest BCUT2D eigenvalue weighted by atomic mass is 19.4. The number of alkyl halides is 3. The molecule has 0 radical (unpaired) electrons. The summed E-state index contributed by atoms with van der Waals surface area (Å²) in [5.41, 5.74) is -4.98. The van der Waals surface area contributed by atoms with E-state index in [1.807, 2.05) is 0 Å². The van der Waals surface area contributed by atoms with E-state index in [2.05, 4.69) is 4.98 Å². The molecule has 0 fully saturated rings. The average Bonchev–Trinajstić information content (AvgIpc) is 2.55. The molecule has 5 N–H and O–H groups in total. The molecule has 2 aromatic rings. The van der Waals surface area contributed by atoms with Crippen LogP contribution in [0.15, 0.2) is 23.0 Å². The smallest absolute Gasteiger partial charge is 0.433 e. The predicted molar refractivity (Wildman–Crippen MR) is 81.1 cm³/mol. The van der Waals surface area contributed by atoms with E-state index in [4.69, 9.17) is 10.1 Å². The van der Waals surface area contributed by atoms with Crippen LogP contribution in [-0.2, 0) is 0 Å². The number of hydrogen-bond acceptors (Lipinski definition) is 4. The Hall–Kier alpha value is -2.88. The number of aromatic hydroxyl groups is 1. The number of halogens is 4. The molecule has 25 heavy (non-hydrogen) atoms. The molecule has 0 saturated carbocycles. The van der Waals surface area contributed by atoms with Crippen LogP contribution in [0.2, 0.25) is 0 Å². The van der Waals surface area contributed by atoms with Gasteiger partial charge in [-0.2, -0.15) is 13.2 Å². The van der Waals surface area contributed by atoms with Crippen molar-refractivity contribution < 1.29 is 32.7 Å². The van der Waals surface area contributed by atoms with Crippen molar-refractivity contribution >= 4 is 11.5 Å². The third kappa shape index (κ3) is 3.33. The van der Waals surface area contributed by atoms with E-state index in [0.717, 1.165) is 11.4 Å². The molecule has 6 nitrogen and oxygen atoms in total. The number of aromatic amines is 1. The number of H-pyrrole nitrogens is 1. The second-order valence-corrected chi connectivity index (χ2v) is 4.97. The van der Waals surface area contributed by atoms with Crippen molar-refractivity contribution in [3.63, 3.8) is 0 Å². The van der Waals surface area contributed by atoms with Crippen LogP contribution in [0, 0.1) is 11.2 Å². The van der Waals surface area contributed by atoms with E-state index < -0.39 is 40.1 Å². The maximum atomic E-state index is 14.2. The molecule has 1 heterocycles. The van der Waals surface area contributed by atoms with Crippen molar-refractivity contribution in [1.82, 2.24) is 4.98 Å². The van der Waals surface area contributed by atoms with E-state index in [1.165, 1.54) is 26.3 Å². The maximum absolute atomic E-state index is 14.2. The van der Waals surface area contributed by atoms with Gasteiger partial charge in [0.1, 0.15) is 17.1 Å². The van der Waals surface area contributed by atoms with Gasteiger partial charge in [-0.3, -0.25) is 10.2 Å². The number of methoxy groups -OCH3 is 1. The number of nitrogens with two attached hydrogens (primary N) is 1. The first-order valence-corrected chi connectivity index (χ1v) is 6.90. The summed E-state index contributed by atoms with van der Waals surface area (Å²) in [6, 6.07) is 3.55. The highest BCUT2D eigenvalue weighted by Crippen LogP contribution is 2.32. The lowest BCUT2D eigenvalue weighted by Gasteiger charge is -2.13. The minimum Gasteiger partial charge on any atom is -0.503 e. The average molecular weight is 360 g/mol. The van der Waals surface area contributed by atoms with Crippen molar-refractivity contribution in [1.29, 1.82) is 5.41 Å². The van der Waals surface area contributed by atoms with Gasteiger partial charge in [0.2, 0.25) is 11.2 Å². The summed E-state index contributed by atoms with van der Waals surface area (Å²) in [7, 11) is 2.65. The highest BCUT2D eigenvalue weighted by molar-refractivity contribution is 6.05. The van der Waals surface area contributed by atoms with Crippen LogP contribution in [0.5, 0.6) is 11.5 Å². The number of rotatable bonds is 4. The first-order chi connectivity index (χ1) is 11.6. The Kier molecular flexibility index (Phi) is 4.84. The monoisotopic (exact) mass is 360 g/mol. The summed E-state index contributed by atoms with van der Waals surface area (Å²) >= 11 is 0. The second-order valence-electron chi connectivity index (χ2n) is 4.97. The molecule has 1 aromatic carbocycles. The zero-order valence-electron chi connectivity index (χ0n) is 13.1. The molecule has 0 bridgehead atoms. The molecule has 0 amide bonds. The normalized spacial score (nSPS) is 11.4. The topological polar surface area (TPSA) is 103 Å². The van der Waals surface area contributed by atoms with E-state index in [-0.39, 0.29) is 17.1 Å². The molecule has 0 saturated heterocycles. The third-order valence-electron chi connectivity index (χ3n) is 3.48. The van der Waals surface area contributed by atoms with Crippen molar-refractivity contribution in [2.24, 2.45) is 0 Å². The second kappa shape index (κ2) is 6.55. The molecule has 0 unspecified atom stereocenters. The summed E-state index contributed by atoms with van der Waals surface area (Å²) in [5.74, 6) is -2.14. The van der Waals surface area contributed by atoms with Gasteiger partial charge in [-0.05, 0) is 12.1 Å².